The number of ether oxygens (including phenoxy) is 1. The summed E-state index contributed by atoms with van der Waals surface area (Å²) in [6, 6.07) is 4.60. The number of piperidine rings is 1. The molecule has 0 radical (unpaired) electrons. The van der Waals surface area contributed by atoms with Crippen molar-refractivity contribution in [2.24, 2.45) is 11.3 Å². The molecule has 1 N–H and O–H groups in total. The molecule has 1 spiro atoms. The topological polar surface area (TPSA) is 32.7 Å². The van der Waals surface area contributed by atoms with Crippen molar-refractivity contribution in [2.45, 2.75) is 63.0 Å². The smallest absolute Gasteiger partial charge is 0.166 e. The Labute approximate surface area is 149 Å². The fraction of sp³-hybridized carbons (Fsp3) is 0.636. The molecule has 2 saturated carbocycles. The molecule has 1 unspecified atom stereocenters. The number of benzene rings is 1. The summed E-state index contributed by atoms with van der Waals surface area (Å²) in [5.74, 6) is 2.02. The third-order valence-corrected chi connectivity index (χ3v) is 8.28. The maximum absolute atomic E-state index is 10.5. The number of hydrogen-bond acceptors (Lipinski definition) is 3. The third kappa shape index (κ3) is 1.58. The maximum Gasteiger partial charge on any atom is 0.166 e. The average Bonchev–Trinajstić information content (AvgIpc) is 3.32. The van der Waals surface area contributed by atoms with Gasteiger partial charge in [0.15, 0.2) is 11.5 Å². The molecule has 3 nitrogen and oxygen atoms in total. The van der Waals surface area contributed by atoms with E-state index in [1.165, 1.54) is 49.1 Å². The SMILES string of the molecule is C=C1CC[C@@]2(C)[C@@H]3Cc4ccc(O)c5c4C2(CCN3CC2CC2)[C@H]1O5. The lowest BCUT2D eigenvalue weighted by molar-refractivity contribution is -0.0992. The van der Waals surface area contributed by atoms with Crippen LogP contribution in [0.3, 0.4) is 0 Å². The fourth-order valence-corrected chi connectivity index (χ4v) is 6.83. The summed E-state index contributed by atoms with van der Waals surface area (Å²) >= 11 is 0. The van der Waals surface area contributed by atoms with E-state index in [0.717, 1.165) is 30.9 Å². The summed E-state index contributed by atoms with van der Waals surface area (Å²) in [5, 5.41) is 10.5. The minimum Gasteiger partial charge on any atom is -0.504 e. The van der Waals surface area contributed by atoms with Crippen LogP contribution in [-0.4, -0.2) is 35.2 Å². The van der Waals surface area contributed by atoms with E-state index in [0.29, 0.717) is 11.8 Å². The molecule has 6 rings (SSSR count). The fourth-order valence-electron chi connectivity index (χ4n) is 6.83. The monoisotopic (exact) mass is 337 g/mol. The Morgan fingerprint density at radius 1 is 1.32 bits per heavy atom. The van der Waals surface area contributed by atoms with Crippen molar-refractivity contribution in [2.75, 3.05) is 13.1 Å². The highest BCUT2D eigenvalue weighted by Crippen LogP contribution is 2.69. The second-order valence-electron chi connectivity index (χ2n) is 9.40. The van der Waals surface area contributed by atoms with E-state index >= 15 is 0 Å². The van der Waals surface area contributed by atoms with E-state index in [9.17, 15) is 5.11 Å². The molecule has 1 aromatic rings. The predicted molar refractivity (Wildman–Crippen MR) is 97.1 cm³/mol. The van der Waals surface area contributed by atoms with Crippen LogP contribution in [0.5, 0.6) is 11.5 Å². The quantitative estimate of drug-likeness (QED) is 0.834. The Balaban J connectivity index is 1.58. The van der Waals surface area contributed by atoms with Gasteiger partial charge >= 0.3 is 0 Å². The predicted octanol–water partition coefficient (Wildman–Crippen LogP) is 3.79. The number of rotatable bonds is 2. The Hall–Kier alpha value is -1.48. The molecule has 132 valence electrons. The summed E-state index contributed by atoms with van der Waals surface area (Å²) in [6.07, 6.45) is 7.40. The molecular weight excluding hydrogens is 310 g/mol. The Kier molecular flexibility index (Phi) is 2.60. The molecule has 3 fully saturated rings. The number of aromatic hydroxyl groups is 1. The second kappa shape index (κ2) is 4.43. The van der Waals surface area contributed by atoms with Crippen LogP contribution in [0.1, 0.15) is 50.2 Å². The molecule has 4 atom stereocenters. The molecule has 0 amide bonds. The lowest BCUT2D eigenvalue weighted by Gasteiger charge is -2.65. The van der Waals surface area contributed by atoms with Crippen molar-refractivity contribution in [3.63, 3.8) is 0 Å². The highest BCUT2D eigenvalue weighted by Gasteiger charge is 2.70. The number of hydrogen-bond donors (Lipinski definition) is 1. The van der Waals surface area contributed by atoms with E-state index in [2.05, 4.69) is 24.5 Å². The summed E-state index contributed by atoms with van der Waals surface area (Å²) in [6.45, 7) is 9.35. The zero-order valence-corrected chi connectivity index (χ0v) is 15.1. The summed E-state index contributed by atoms with van der Waals surface area (Å²) in [7, 11) is 0. The standard InChI is InChI=1S/C22H27NO2/c1-13-7-8-21(2)17-11-15-5-6-16(24)19-18(15)22(21,20(13)25-19)9-10-23(17)12-14-3-4-14/h5-6,14,17,20,24H,1,3-4,7-12H2,2H3/t17-,20-,21-,22?/m0/s1. The summed E-state index contributed by atoms with van der Waals surface area (Å²) in [5.41, 5.74) is 4.22. The van der Waals surface area contributed by atoms with Gasteiger partial charge in [0.25, 0.3) is 0 Å². The van der Waals surface area contributed by atoms with Crippen molar-refractivity contribution < 1.29 is 9.84 Å². The van der Waals surface area contributed by atoms with Crippen LogP contribution in [0, 0.1) is 11.3 Å². The van der Waals surface area contributed by atoms with E-state index in [1.807, 2.05) is 6.07 Å². The van der Waals surface area contributed by atoms with Gasteiger partial charge < -0.3 is 9.84 Å². The zero-order valence-electron chi connectivity index (χ0n) is 15.1. The Bertz CT molecular complexity index is 797. The molecule has 25 heavy (non-hydrogen) atoms. The minimum atomic E-state index is 0.0225. The van der Waals surface area contributed by atoms with Gasteiger partial charge in [0.2, 0.25) is 0 Å². The van der Waals surface area contributed by atoms with Gasteiger partial charge in [-0.25, -0.2) is 0 Å². The first-order valence-electron chi connectivity index (χ1n) is 9.98. The van der Waals surface area contributed by atoms with Crippen LogP contribution < -0.4 is 4.74 Å². The van der Waals surface area contributed by atoms with E-state index in [1.54, 1.807) is 0 Å². The molecule has 3 heteroatoms. The molecule has 5 aliphatic rings. The largest absolute Gasteiger partial charge is 0.504 e. The maximum atomic E-state index is 10.5. The highest BCUT2D eigenvalue weighted by atomic mass is 16.5. The molecule has 2 aliphatic heterocycles. The Morgan fingerprint density at radius 3 is 2.96 bits per heavy atom. The van der Waals surface area contributed by atoms with Crippen LogP contribution in [0.15, 0.2) is 24.3 Å². The number of nitrogens with zero attached hydrogens (tertiary/aromatic N) is 1. The number of likely N-dealkylation sites (tertiary alicyclic amines) is 1. The first-order valence-corrected chi connectivity index (χ1v) is 9.98. The lowest BCUT2D eigenvalue weighted by atomic mass is 9.43. The van der Waals surface area contributed by atoms with Crippen LogP contribution in [0.4, 0.5) is 0 Å². The lowest BCUT2D eigenvalue weighted by Crippen LogP contribution is -2.70. The average molecular weight is 337 g/mol. The molecule has 1 aromatic carbocycles. The van der Waals surface area contributed by atoms with Gasteiger partial charge in [-0.2, -0.15) is 0 Å². The van der Waals surface area contributed by atoms with Gasteiger partial charge in [-0.3, -0.25) is 4.90 Å². The van der Waals surface area contributed by atoms with E-state index < -0.39 is 0 Å². The van der Waals surface area contributed by atoms with Crippen LogP contribution >= 0.6 is 0 Å². The molecular formula is C22H27NO2. The first-order chi connectivity index (χ1) is 12.0. The Morgan fingerprint density at radius 2 is 2.16 bits per heavy atom. The van der Waals surface area contributed by atoms with Crippen molar-refractivity contribution in [1.82, 2.24) is 4.90 Å². The van der Waals surface area contributed by atoms with Gasteiger partial charge in [0.1, 0.15) is 6.10 Å². The van der Waals surface area contributed by atoms with Gasteiger partial charge in [0.05, 0.1) is 0 Å². The van der Waals surface area contributed by atoms with Gasteiger partial charge in [0, 0.05) is 23.6 Å². The van der Waals surface area contributed by atoms with Crippen LogP contribution in [0.2, 0.25) is 0 Å². The van der Waals surface area contributed by atoms with Gasteiger partial charge in [-0.1, -0.05) is 19.6 Å². The molecule has 0 aromatic heterocycles. The van der Waals surface area contributed by atoms with Crippen molar-refractivity contribution in [3.8, 4) is 11.5 Å². The highest BCUT2D eigenvalue weighted by molar-refractivity contribution is 5.63. The van der Waals surface area contributed by atoms with Crippen LogP contribution in [-0.2, 0) is 11.8 Å². The third-order valence-electron chi connectivity index (χ3n) is 8.28. The molecule has 1 saturated heterocycles. The normalized spacial score (nSPS) is 41.4. The molecule has 2 bridgehead atoms. The van der Waals surface area contributed by atoms with Crippen molar-refractivity contribution in [3.05, 3.63) is 35.4 Å². The number of phenolic OH excluding ortho intramolecular Hbond substituents is 1. The van der Waals surface area contributed by atoms with Gasteiger partial charge in [-0.05, 0) is 73.6 Å². The van der Waals surface area contributed by atoms with E-state index in [4.69, 9.17) is 4.74 Å². The molecule has 2 heterocycles. The summed E-state index contributed by atoms with van der Waals surface area (Å²) in [4.78, 5) is 2.81. The first kappa shape index (κ1) is 14.7. The number of phenols is 1. The summed E-state index contributed by atoms with van der Waals surface area (Å²) < 4.78 is 6.45. The van der Waals surface area contributed by atoms with Crippen molar-refractivity contribution >= 4 is 0 Å². The van der Waals surface area contributed by atoms with Gasteiger partial charge in [-0.15, -0.1) is 0 Å². The van der Waals surface area contributed by atoms with Crippen LogP contribution in [0.25, 0.3) is 0 Å². The second-order valence-corrected chi connectivity index (χ2v) is 9.40. The zero-order chi connectivity index (χ0) is 17.0. The molecule has 3 aliphatic carbocycles. The van der Waals surface area contributed by atoms with Crippen molar-refractivity contribution in [1.29, 1.82) is 0 Å². The van der Waals surface area contributed by atoms with E-state index in [-0.39, 0.29) is 16.9 Å². The minimum absolute atomic E-state index is 0.0225.